The quantitative estimate of drug-likeness (QED) is 0.231. The highest BCUT2D eigenvalue weighted by Gasteiger charge is 2.49. The minimum Gasteiger partial charge on any atom is -0.504 e. The number of benzene rings is 2. The molecule has 3 unspecified atom stereocenters. The van der Waals surface area contributed by atoms with E-state index >= 15 is 0 Å². The first-order chi connectivity index (χ1) is 20.1. The van der Waals surface area contributed by atoms with Gasteiger partial charge in [-0.1, -0.05) is 48.9 Å². The molecule has 12 heteroatoms. The van der Waals surface area contributed by atoms with Crippen LogP contribution in [0.3, 0.4) is 0 Å². The number of sulfonamides is 1. The molecule has 3 aromatic carbocycles. The molecule has 3 heterocycles. The van der Waals surface area contributed by atoms with Gasteiger partial charge >= 0.3 is 0 Å². The van der Waals surface area contributed by atoms with Crippen LogP contribution in [0, 0.1) is 0 Å². The molecule has 3 saturated heterocycles. The summed E-state index contributed by atoms with van der Waals surface area (Å²) in [5.41, 5.74) is -0.200. The number of hydrogen-bond donors (Lipinski definition) is 3. The molecule has 3 N–H and O–H groups in total. The number of aromatic hydroxyl groups is 1. The van der Waals surface area contributed by atoms with E-state index in [-0.39, 0.29) is 52.4 Å². The van der Waals surface area contributed by atoms with Crippen molar-refractivity contribution < 1.29 is 18.3 Å². The summed E-state index contributed by atoms with van der Waals surface area (Å²) in [6.07, 6.45) is 3.16. The first kappa shape index (κ1) is 29.1. The molecular formula is C30H35ClN4O6S. The molecule has 0 radical (unpaired) electrons. The maximum Gasteiger partial charge on any atom is 0.253 e. The first-order valence-corrected chi connectivity index (χ1v) is 16.2. The van der Waals surface area contributed by atoms with Crippen LogP contribution in [-0.2, 0) is 21.3 Å². The standard InChI is InChI=1S/C30H35ClN4O6S/c1-3-22(24-12-9-17(2)41-24)32-25-26(29(38)28(25)37)33-23-11-10-21(31)30(27(23)36)42(39,40)35-16-19-13-20(35)15-34(19)14-18-7-5-4-6-8-18/h4-8,10-11,17,19-20,22,24,32-33,36H,3,9,12-16H2,1-2H3/t17-,19?,20?,22?,24-/m1/s1. The Labute approximate surface area is 250 Å². The molecule has 5 atom stereocenters. The molecule has 0 aromatic heterocycles. The SMILES string of the molecule is CCC(Nc1c(Nc2ccc(Cl)c(S(=O)(=O)N3CC4CC3CN4Cc3ccccc3)c2O)c(=O)c1=O)[C@H]1CC[C@@H](C)O1. The van der Waals surface area contributed by atoms with Crippen molar-refractivity contribution in [1.82, 2.24) is 9.21 Å². The zero-order valence-electron chi connectivity index (χ0n) is 23.5. The number of anilines is 3. The minimum absolute atomic E-state index is 0.0257. The number of fused-ring (bicyclic) bond motifs is 2. The van der Waals surface area contributed by atoms with Crippen LogP contribution >= 0.6 is 11.6 Å². The number of hydrogen-bond acceptors (Lipinski definition) is 9. The molecule has 42 heavy (non-hydrogen) atoms. The largest absolute Gasteiger partial charge is 0.504 e. The van der Waals surface area contributed by atoms with E-state index in [0.717, 1.165) is 19.4 Å². The van der Waals surface area contributed by atoms with Gasteiger partial charge in [-0.05, 0) is 50.3 Å². The zero-order valence-corrected chi connectivity index (χ0v) is 25.1. The Morgan fingerprint density at radius 3 is 2.43 bits per heavy atom. The highest BCUT2D eigenvalue weighted by atomic mass is 35.5. The average molecular weight is 615 g/mol. The Hall–Kier alpha value is -2.96. The van der Waals surface area contributed by atoms with Crippen LogP contribution in [-0.4, -0.2) is 66.2 Å². The minimum atomic E-state index is -4.17. The molecule has 0 spiro atoms. The van der Waals surface area contributed by atoms with E-state index in [9.17, 15) is 23.1 Å². The molecule has 3 aromatic rings. The lowest BCUT2D eigenvalue weighted by atomic mass is 10.0. The third-order valence-electron chi connectivity index (χ3n) is 8.84. The molecule has 0 aliphatic carbocycles. The van der Waals surface area contributed by atoms with Crippen LogP contribution in [0.5, 0.6) is 5.75 Å². The predicted molar refractivity (Wildman–Crippen MR) is 162 cm³/mol. The normalized spacial score (nSPS) is 25.3. The van der Waals surface area contributed by atoms with Gasteiger partial charge in [-0.25, -0.2) is 8.42 Å². The fraction of sp³-hybridized carbons (Fsp3) is 0.467. The predicted octanol–water partition coefficient (Wildman–Crippen LogP) is 3.79. The Morgan fingerprint density at radius 2 is 1.79 bits per heavy atom. The van der Waals surface area contributed by atoms with Crippen LogP contribution in [0.15, 0.2) is 56.9 Å². The lowest BCUT2D eigenvalue weighted by molar-refractivity contribution is 0.0438. The Bertz CT molecular complexity index is 1660. The molecule has 3 aliphatic rings. The lowest BCUT2D eigenvalue weighted by Gasteiger charge is -2.34. The van der Waals surface area contributed by atoms with Crippen molar-refractivity contribution in [2.45, 2.75) is 81.3 Å². The second-order valence-corrected chi connectivity index (χ2v) is 13.8. The number of ether oxygens (including phenoxy) is 1. The second kappa shape index (κ2) is 11.3. The van der Waals surface area contributed by atoms with Gasteiger partial charge in [0.2, 0.25) is 10.0 Å². The molecule has 3 fully saturated rings. The van der Waals surface area contributed by atoms with Crippen LogP contribution in [0.25, 0.3) is 0 Å². The fourth-order valence-electron chi connectivity index (χ4n) is 6.58. The summed E-state index contributed by atoms with van der Waals surface area (Å²) in [5, 5.41) is 17.0. The topological polar surface area (TPSA) is 128 Å². The Kier molecular flexibility index (Phi) is 7.82. The van der Waals surface area contributed by atoms with Gasteiger partial charge in [0.15, 0.2) is 5.75 Å². The van der Waals surface area contributed by atoms with Crippen molar-refractivity contribution in [2.24, 2.45) is 0 Å². The molecule has 6 rings (SSSR count). The average Bonchev–Trinajstić information content (AvgIpc) is 3.70. The summed E-state index contributed by atoms with van der Waals surface area (Å²) in [4.78, 5) is 26.9. The number of likely N-dealkylation sites (tertiary alicyclic amines) is 1. The number of rotatable bonds is 10. The summed E-state index contributed by atoms with van der Waals surface area (Å²) in [7, 11) is -4.17. The highest BCUT2D eigenvalue weighted by molar-refractivity contribution is 7.89. The van der Waals surface area contributed by atoms with Crippen molar-refractivity contribution in [1.29, 1.82) is 0 Å². The lowest BCUT2D eigenvalue weighted by Crippen LogP contribution is -2.48. The smallest absolute Gasteiger partial charge is 0.253 e. The summed E-state index contributed by atoms with van der Waals surface area (Å²) in [6, 6.07) is 12.4. The van der Waals surface area contributed by atoms with Crippen molar-refractivity contribution >= 4 is 38.7 Å². The van der Waals surface area contributed by atoms with Crippen LogP contribution < -0.4 is 21.5 Å². The summed E-state index contributed by atoms with van der Waals surface area (Å²) in [6.45, 7) is 5.58. The van der Waals surface area contributed by atoms with Crippen LogP contribution in [0.1, 0.15) is 45.1 Å². The number of piperazine rings is 1. The summed E-state index contributed by atoms with van der Waals surface area (Å²) in [5.74, 6) is -0.592. The third-order valence-corrected chi connectivity index (χ3v) is 11.3. The van der Waals surface area contributed by atoms with Gasteiger partial charge in [0.1, 0.15) is 16.3 Å². The molecule has 0 saturated carbocycles. The highest BCUT2D eigenvalue weighted by Crippen LogP contribution is 2.43. The first-order valence-electron chi connectivity index (χ1n) is 14.4. The second-order valence-electron chi connectivity index (χ2n) is 11.6. The fourth-order valence-corrected chi connectivity index (χ4v) is 8.85. The number of nitrogens with one attached hydrogen (secondary N) is 2. The number of nitrogens with zero attached hydrogens (tertiary/aromatic N) is 2. The van der Waals surface area contributed by atoms with Gasteiger partial charge in [0, 0.05) is 31.7 Å². The van der Waals surface area contributed by atoms with Crippen molar-refractivity contribution in [3.05, 3.63) is 73.5 Å². The Morgan fingerprint density at radius 1 is 1.05 bits per heavy atom. The third kappa shape index (κ3) is 5.11. The molecule has 224 valence electrons. The van der Waals surface area contributed by atoms with Gasteiger partial charge in [-0.2, -0.15) is 4.31 Å². The molecule has 3 aliphatic heterocycles. The van der Waals surface area contributed by atoms with Crippen LogP contribution in [0.2, 0.25) is 5.02 Å². The monoisotopic (exact) mass is 614 g/mol. The number of halogens is 1. The zero-order chi connectivity index (χ0) is 29.8. The molecule has 0 amide bonds. The van der Waals surface area contributed by atoms with E-state index in [2.05, 4.69) is 27.7 Å². The van der Waals surface area contributed by atoms with Gasteiger partial charge in [0.25, 0.3) is 10.9 Å². The van der Waals surface area contributed by atoms with E-state index in [1.807, 2.05) is 32.0 Å². The van der Waals surface area contributed by atoms with Crippen LogP contribution in [0.4, 0.5) is 17.1 Å². The molecule has 2 bridgehead atoms. The number of phenolic OH excluding ortho intramolecular Hbond substituents is 1. The molecule has 10 nitrogen and oxygen atoms in total. The van der Waals surface area contributed by atoms with Gasteiger partial charge in [-0.3, -0.25) is 14.5 Å². The number of phenols is 1. The maximum atomic E-state index is 13.9. The maximum absolute atomic E-state index is 13.9. The summed E-state index contributed by atoms with van der Waals surface area (Å²) < 4.78 is 35.1. The van der Waals surface area contributed by atoms with E-state index in [0.29, 0.717) is 25.9 Å². The van der Waals surface area contributed by atoms with E-state index in [1.54, 1.807) is 0 Å². The van der Waals surface area contributed by atoms with Crippen molar-refractivity contribution in [3.63, 3.8) is 0 Å². The molecular weight excluding hydrogens is 580 g/mol. The van der Waals surface area contributed by atoms with E-state index in [1.165, 1.54) is 22.0 Å². The van der Waals surface area contributed by atoms with Gasteiger partial charge in [-0.15, -0.1) is 0 Å². The van der Waals surface area contributed by atoms with Gasteiger partial charge < -0.3 is 20.5 Å². The Balaban J connectivity index is 1.21. The summed E-state index contributed by atoms with van der Waals surface area (Å²) >= 11 is 6.38. The van der Waals surface area contributed by atoms with Crippen molar-refractivity contribution in [2.75, 3.05) is 23.7 Å². The van der Waals surface area contributed by atoms with Crippen molar-refractivity contribution in [3.8, 4) is 5.75 Å². The van der Waals surface area contributed by atoms with E-state index < -0.39 is 31.5 Å². The van der Waals surface area contributed by atoms with Gasteiger partial charge in [0.05, 0.1) is 29.0 Å². The van der Waals surface area contributed by atoms with E-state index in [4.69, 9.17) is 16.3 Å².